The third-order valence-corrected chi connectivity index (χ3v) is 2.71. The van der Waals surface area contributed by atoms with Gasteiger partial charge in [-0.15, -0.1) is 0 Å². The normalized spacial score (nSPS) is 15.0. The van der Waals surface area contributed by atoms with Crippen molar-refractivity contribution in [3.63, 3.8) is 0 Å². The molecule has 0 aromatic carbocycles. The van der Waals surface area contributed by atoms with Crippen LogP contribution in [0, 0.1) is 0 Å². The molecule has 0 amide bonds. The Balaban J connectivity index is 1.78. The van der Waals surface area contributed by atoms with Crippen molar-refractivity contribution in [2.45, 2.75) is 38.9 Å². The van der Waals surface area contributed by atoms with E-state index >= 15 is 0 Å². The van der Waals surface area contributed by atoms with Gasteiger partial charge in [-0.3, -0.25) is 4.68 Å². The Labute approximate surface area is 95.0 Å². The highest BCUT2D eigenvalue weighted by molar-refractivity contribution is 7.80. The zero-order valence-corrected chi connectivity index (χ0v) is 9.68. The van der Waals surface area contributed by atoms with Crippen LogP contribution in [0.2, 0.25) is 0 Å². The maximum absolute atomic E-state index is 5.17. The second kappa shape index (κ2) is 4.61. The molecule has 1 aromatic rings. The van der Waals surface area contributed by atoms with Crippen molar-refractivity contribution >= 4 is 17.3 Å². The lowest BCUT2D eigenvalue weighted by Gasteiger charge is -2.10. The molecule has 4 nitrogen and oxygen atoms in total. The van der Waals surface area contributed by atoms with Gasteiger partial charge in [-0.05, 0) is 38.0 Å². The predicted molar refractivity (Wildman–Crippen MR) is 63.5 cm³/mol. The molecule has 15 heavy (non-hydrogen) atoms. The summed E-state index contributed by atoms with van der Waals surface area (Å²) in [5.41, 5.74) is 1.16. The number of nitrogens with one attached hydrogen (secondary N) is 2. The number of aryl methyl sites for hydroxylation is 1. The number of thiocarbonyl (C=S) groups is 1. The van der Waals surface area contributed by atoms with Crippen LogP contribution in [-0.4, -0.2) is 20.9 Å². The Morgan fingerprint density at radius 1 is 1.67 bits per heavy atom. The molecule has 0 unspecified atom stereocenters. The van der Waals surface area contributed by atoms with Crippen LogP contribution >= 0.6 is 12.2 Å². The van der Waals surface area contributed by atoms with Crippen molar-refractivity contribution in [2.24, 2.45) is 0 Å². The summed E-state index contributed by atoms with van der Waals surface area (Å²) in [5, 5.41) is 11.4. The molecular weight excluding hydrogens is 208 g/mol. The number of aromatic nitrogens is 2. The number of hydrogen-bond acceptors (Lipinski definition) is 2. The second-order valence-corrected chi connectivity index (χ2v) is 4.15. The van der Waals surface area contributed by atoms with E-state index in [1.165, 1.54) is 12.8 Å². The fraction of sp³-hybridized carbons (Fsp3) is 0.600. The molecule has 2 rings (SSSR count). The van der Waals surface area contributed by atoms with Gasteiger partial charge in [0.2, 0.25) is 0 Å². The summed E-state index contributed by atoms with van der Waals surface area (Å²) in [6.45, 7) is 3.72. The first-order chi connectivity index (χ1) is 7.29. The molecule has 0 bridgehead atoms. The van der Waals surface area contributed by atoms with E-state index in [9.17, 15) is 0 Å². The molecule has 0 aliphatic heterocycles. The minimum absolute atomic E-state index is 0.612. The average molecular weight is 224 g/mol. The SMILES string of the molecule is CCn1nccc1CNC(=S)NC1CC1. The van der Waals surface area contributed by atoms with Crippen LogP contribution in [-0.2, 0) is 13.1 Å². The Morgan fingerprint density at radius 3 is 3.13 bits per heavy atom. The highest BCUT2D eigenvalue weighted by atomic mass is 32.1. The van der Waals surface area contributed by atoms with Gasteiger partial charge in [-0.1, -0.05) is 0 Å². The van der Waals surface area contributed by atoms with E-state index in [4.69, 9.17) is 12.2 Å². The minimum Gasteiger partial charge on any atom is -0.360 e. The minimum atomic E-state index is 0.612. The van der Waals surface area contributed by atoms with Crippen LogP contribution in [0.25, 0.3) is 0 Å². The first kappa shape index (κ1) is 10.4. The van der Waals surface area contributed by atoms with Gasteiger partial charge in [-0.2, -0.15) is 5.10 Å². The lowest BCUT2D eigenvalue weighted by Crippen LogP contribution is -2.36. The van der Waals surface area contributed by atoms with Crippen molar-refractivity contribution < 1.29 is 0 Å². The van der Waals surface area contributed by atoms with Crippen LogP contribution in [0.4, 0.5) is 0 Å². The van der Waals surface area contributed by atoms with Gasteiger partial charge in [0, 0.05) is 18.8 Å². The highest BCUT2D eigenvalue weighted by Gasteiger charge is 2.21. The maximum Gasteiger partial charge on any atom is 0.166 e. The molecule has 1 saturated carbocycles. The van der Waals surface area contributed by atoms with E-state index in [1.807, 2.05) is 16.9 Å². The molecule has 1 aromatic heterocycles. The van der Waals surface area contributed by atoms with Gasteiger partial charge in [-0.25, -0.2) is 0 Å². The van der Waals surface area contributed by atoms with E-state index in [-0.39, 0.29) is 0 Å². The Kier molecular flexibility index (Phi) is 3.20. The summed E-state index contributed by atoms with van der Waals surface area (Å²) in [5.74, 6) is 0. The van der Waals surface area contributed by atoms with Gasteiger partial charge in [0.25, 0.3) is 0 Å². The molecule has 1 fully saturated rings. The highest BCUT2D eigenvalue weighted by Crippen LogP contribution is 2.18. The lowest BCUT2D eigenvalue weighted by atomic mass is 10.4. The first-order valence-corrected chi connectivity index (χ1v) is 5.75. The molecule has 0 spiro atoms. The zero-order chi connectivity index (χ0) is 10.7. The van der Waals surface area contributed by atoms with E-state index in [0.29, 0.717) is 6.04 Å². The summed E-state index contributed by atoms with van der Waals surface area (Å²) in [6, 6.07) is 2.62. The maximum atomic E-state index is 5.17. The molecular formula is C10H16N4S. The summed E-state index contributed by atoms with van der Waals surface area (Å²) < 4.78 is 1.97. The van der Waals surface area contributed by atoms with Crippen LogP contribution in [0.1, 0.15) is 25.5 Å². The first-order valence-electron chi connectivity index (χ1n) is 5.34. The van der Waals surface area contributed by atoms with Gasteiger partial charge >= 0.3 is 0 Å². The molecule has 1 aliphatic rings. The Hall–Kier alpha value is -1.10. The predicted octanol–water partition coefficient (Wildman–Crippen LogP) is 1.03. The third kappa shape index (κ3) is 2.92. The number of nitrogens with zero attached hydrogens (tertiary/aromatic N) is 2. The van der Waals surface area contributed by atoms with Crippen molar-refractivity contribution in [1.29, 1.82) is 0 Å². The molecule has 0 radical (unpaired) electrons. The molecule has 1 aliphatic carbocycles. The molecule has 2 N–H and O–H groups in total. The van der Waals surface area contributed by atoms with E-state index in [1.54, 1.807) is 0 Å². The molecule has 0 atom stereocenters. The monoisotopic (exact) mass is 224 g/mol. The standard InChI is InChI=1S/C10H16N4S/c1-2-14-9(5-6-12-14)7-11-10(15)13-8-3-4-8/h5-6,8H,2-4,7H2,1H3,(H2,11,13,15). The van der Waals surface area contributed by atoms with Crippen LogP contribution in [0.15, 0.2) is 12.3 Å². The largest absolute Gasteiger partial charge is 0.360 e. The molecule has 0 saturated heterocycles. The van der Waals surface area contributed by atoms with Gasteiger partial charge in [0.1, 0.15) is 0 Å². The summed E-state index contributed by atoms with van der Waals surface area (Å²) in [6.07, 6.45) is 4.31. The lowest BCUT2D eigenvalue weighted by molar-refractivity contribution is 0.611. The quantitative estimate of drug-likeness (QED) is 0.750. The second-order valence-electron chi connectivity index (χ2n) is 3.74. The van der Waals surface area contributed by atoms with E-state index < -0.39 is 0 Å². The Morgan fingerprint density at radius 2 is 2.47 bits per heavy atom. The van der Waals surface area contributed by atoms with Gasteiger partial charge in [0.15, 0.2) is 5.11 Å². The molecule has 1 heterocycles. The van der Waals surface area contributed by atoms with Crippen molar-refractivity contribution in [1.82, 2.24) is 20.4 Å². The smallest absolute Gasteiger partial charge is 0.166 e. The van der Waals surface area contributed by atoms with E-state index in [0.717, 1.165) is 23.9 Å². The number of hydrogen-bond donors (Lipinski definition) is 2. The molecule has 82 valence electrons. The topological polar surface area (TPSA) is 41.9 Å². The number of rotatable bonds is 4. The summed E-state index contributed by atoms with van der Waals surface area (Å²) >= 11 is 5.17. The van der Waals surface area contributed by atoms with Crippen molar-refractivity contribution in [3.05, 3.63) is 18.0 Å². The van der Waals surface area contributed by atoms with Crippen molar-refractivity contribution in [3.8, 4) is 0 Å². The summed E-state index contributed by atoms with van der Waals surface area (Å²) in [7, 11) is 0. The fourth-order valence-electron chi connectivity index (χ4n) is 1.43. The van der Waals surface area contributed by atoms with Crippen LogP contribution < -0.4 is 10.6 Å². The fourth-order valence-corrected chi connectivity index (χ4v) is 1.67. The van der Waals surface area contributed by atoms with E-state index in [2.05, 4.69) is 22.7 Å². The van der Waals surface area contributed by atoms with Gasteiger partial charge in [0.05, 0.1) is 12.2 Å². The van der Waals surface area contributed by atoms with Crippen LogP contribution in [0.3, 0.4) is 0 Å². The Bertz CT molecular complexity index is 343. The van der Waals surface area contributed by atoms with Crippen molar-refractivity contribution in [2.75, 3.05) is 0 Å². The average Bonchev–Trinajstić information content (AvgIpc) is 2.92. The molecule has 5 heteroatoms. The van der Waals surface area contributed by atoms with Crippen LogP contribution in [0.5, 0.6) is 0 Å². The third-order valence-electron chi connectivity index (χ3n) is 2.45. The summed E-state index contributed by atoms with van der Waals surface area (Å²) in [4.78, 5) is 0. The van der Waals surface area contributed by atoms with Gasteiger partial charge < -0.3 is 10.6 Å². The zero-order valence-electron chi connectivity index (χ0n) is 8.86.